The average Bonchev–Trinajstić information content (AvgIpc) is 3.36. The second-order valence-electron chi connectivity index (χ2n) is 10.9. The zero-order valence-corrected chi connectivity index (χ0v) is 19.8. The molecule has 1 saturated carbocycles. The summed E-state index contributed by atoms with van der Waals surface area (Å²) in [5.41, 5.74) is 1.07. The van der Waals surface area contributed by atoms with E-state index in [0.29, 0.717) is 12.2 Å². The Hall–Kier alpha value is -3.03. The predicted octanol–water partition coefficient (Wildman–Crippen LogP) is 2.87. The molecule has 3 aliphatic carbocycles. The third-order valence-electron chi connectivity index (χ3n) is 9.07. The first-order chi connectivity index (χ1) is 16.9. The van der Waals surface area contributed by atoms with Crippen LogP contribution >= 0.6 is 0 Å². The molecule has 0 unspecified atom stereocenters. The van der Waals surface area contributed by atoms with E-state index >= 15 is 0 Å². The average molecular weight is 475 g/mol. The Morgan fingerprint density at radius 3 is 2.94 bits per heavy atom. The number of furan rings is 1. The van der Waals surface area contributed by atoms with Crippen LogP contribution < -0.4 is 4.74 Å². The van der Waals surface area contributed by atoms with E-state index in [4.69, 9.17) is 9.15 Å². The fraction of sp³-hybridized carbons (Fsp3) is 0.464. The van der Waals surface area contributed by atoms with Crippen molar-refractivity contribution in [3.63, 3.8) is 0 Å². The number of likely N-dealkylation sites (tertiary alicyclic amines) is 1. The summed E-state index contributed by atoms with van der Waals surface area (Å²) in [5.74, 6) is 1.14. The number of carbonyl (C=O) groups excluding carboxylic acids is 1. The van der Waals surface area contributed by atoms with Crippen LogP contribution in [0.3, 0.4) is 0 Å². The summed E-state index contributed by atoms with van der Waals surface area (Å²) in [6.07, 6.45) is 13.8. The summed E-state index contributed by atoms with van der Waals surface area (Å²) in [7, 11) is 1.77. The summed E-state index contributed by atoms with van der Waals surface area (Å²) >= 11 is 0. The lowest BCUT2D eigenvalue weighted by molar-refractivity contribution is -0.154. The number of phenolic OH excluding ortho intramolecular Hbond substituents is 1. The predicted molar refractivity (Wildman–Crippen MR) is 129 cm³/mol. The summed E-state index contributed by atoms with van der Waals surface area (Å²) in [6, 6.07) is 5.06. The summed E-state index contributed by atoms with van der Waals surface area (Å²) < 4.78 is 11.6. The largest absolute Gasteiger partial charge is 0.504 e. The van der Waals surface area contributed by atoms with Crippen molar-refractivity contribution in [3.8, 4) is 11.5 Å². The maximum absolute atomic E-state index is 13.2. The normalized spacial score (nSPS) is 34.6. The van der Waals surface area contributed by atoms with Crippen molar-refractivity contribution in [1.29, 1.82) is 0 Å². The van der Waals surface area contributed by atoms with Crippen molar-refractivity contribution in [3.05, 3.63) is 65.6 Å². The standard InChI is InChI=1S/C28H30N2O5/c1-29(23(32)7-4-18-9-13-34-16-18)20-8-10-28(33)22-14-19-5-6-21(31)25-24(19)27(28,26(20)35-25)11-12-30(22)15-17-2-3-17/h4-10,13,16-17,20,22,26,31,33H,2-3,11-12,14-15H2,1H3/b7-4+/t20-,22+,26-,27-,28+/m0/s1. The molecule has 1 aromatic carbocycles. The first-order valence-corrected chi connectivity index (χ1v) is 12.6. The van der Waals surface area contributed by atoms with Crippen LogP contribution in [0.5, 0.6) is 11.5 Å². The van der Waals surface area contributed by atoms with Crippen molar-refractivity contribution in [2.75, 3.05) is 20.1 Å². The molecule has 5 aliphatic rings. The van der Waals surface area contributed by atoms with E-state index in [1.165, 1.54) is 18.9 Å². The van der Waals surface area contributed by atoms with Gasteiger partial charge in [-0.15, -0.1) is 0 Å². The third kappa shape index (κ3) is 2.82. The molecular formula is C28H30N2O5. The molecule has 182 valence electrons. The molecule has 1 spiro atoms. The fourth-order valence-electron chi connectivity index (χ4n) is 7.15. The highest BCUT2D eigenvalue weighted by Crippen LogP contribution is 2.64. The lowest BCUT2D eigenvalue weighted by Crippen LogP contribution is -2.76. The number of phenols is 1. The Kier molecular flexibility index (Phi) is 4.40. The van der Waals surface area contributed by atoms with Crippen LogP contribution in [0, 0.1) is 5.92 Å². The lowest BCUT2D eigenvalue weighted by atomic mass is 9.50. The van der Waals surface area contributed by atoms with Crippen molar-refractivity contribution in [2.24, 2.45) is 5.92 Å². The molecule has 5 atom stereocenters. The molecule has 2 aromatic rings. The van der Waals surface area contributed by atoms with Crippen LogP contribution in [0.1, 0.15) is 36.0 Å². The Morgan fingerprint density at radius 2 is 2.17 bits per heavy atom. The molecule has 1 saturated heterocycles. The lowest BCUT2D eigenvalue weighted by Gasteiger charge is -2.62. The van der Waals surface area contributed by atoms with E-state index < -0.39 is 17.1 Å². The number of aromatic hydroxyl groups is 1. The number of carbonyl (C=O) groups is 1. The third-order valence-corrected chi connectivity index (χ3v) is 9.07. The number of hydrogen-bond acceptors (Lipinski definition) is 6. The molecule has 1 amide bonds. The van der Waals surface area contributed by atoms with Gasteiger partial charge in [-0.2, -0.15) is 0 Å². The number of benzene rings is 1. The van der Waals surface area contributed by atoms with Crippen LogP contribution in [0.25, 0.3) is 6.08 Å². The molecule has 2 bridgehead atoms. The van der Waals surface area contributed by atoms with Crippen LogP contribution in [0.15, 0.2) is 53.4 Å². The maximum Gasteiger partial charge on any atom is 0.246 e. The second-order valence-corrected chi connectivity index (χ2v) is 10.9. The molecule has 2 aliphatic heterocycles. The van der Waals surface area contributed by atoms with E-state index in [2.05, 4.69) is 4.90 Å². The molecule has 7 heteroatoms. The second kappa shape index (κ2) is 7.24. The van der Waals surface area contributed by atoms with Crippen LogP contribution in [0.2, 0.25) is 0 Å². The van der Waals surface area contributed by atoms with Crippen LogP contribution in [0.4, 0.5) is 0 Å². The van der Waals surface area contributed by atoms with E-state index in [1.807, 2.05) is 18.2 Å². The van der Waals surface area contributed by atoms with Gasteiger partial charge < -0.3 is 24.3 Å². The van der Waals surface area contributed by atoms with Crippen LogP contribution in [-0.4, -0.2) is 69.8 Å². The van der Waals surface area contributed by atoms with Crippen molar-refractivity contribution < 1.29 is 24.2 Å². The summed E-state index contributed by atoms with van der Waals surface area (Å²) in [5, 5.41) is 23.2. The number of ether oxygens (including phenoxy) is 1. The number of hydrogen-bond donors (Lipinski definition) is 2. The monoisotopic (exact) mass is 474 g/mol. The van der Waals surface area contributed by atoms with Crippen LogP contribution in [-0.2, 0) is 16.6 Å². The molecule has 7 rings (SSSR count). The van der Waals surface area contributed by atoms with Gasteiger partial charge >= 0.3 is 0 Å². The molecule has 3 heterocycles. The fourth-order valence-corrected chi connectivity index (χ4v) is 7.15. The highest BCUT2D eigenvalue weighted by atomic mass is 16.5. The number of likely N-dealkylation sites (N-methyl/N-ethyl adjacent to an activating group) is 1. The Morgan fingerprint density at radius 1 is 1.31 bits per heavy atom. The van der Waals surface area contributed by atoms with Crippen molar-refractivity contribution >= 4 is 12.0 Å². The quantitative estimate of drug-likeness (QED) is 0.512. The number of nitrogens with zero attached hydrogens (tertiary/aromatic N) is 2. The topological polar surface area (TPSA) is 86.4 Å². The summed E-state index contributed by atoms with van der Waals surface area (Å²) in [6.45, 7) is 1.89. The number of rotatable bonds is 5. The van der Waals surface area contributed by atoms with E-state index in [9.17, 15) is 15.0 Å². The molecular weight excluding hydrogens is 444 g/mol. The smallest absolute Gasteiger partial charge is 0.246 e. The molecule has 1 aromatic heterocycles. The van der Waals surface area contributed by atoms with Gasteiger partial charge in [0.05, 0.1) is 24.0 Å². The van der Waals surface area contributed by atoms with Gasteiger partial charge in [-0.3, -0.25) is 9.69 Å². The minimum absolute atomic E-state index is 0.0508. The molecule has 0 radical (unpaired) electrons. The molecule has 2 fully saturated rings. The zero-order valence-electron chi connectivity index (χ0n) is 19.8. The molecule has 35 heavy (non-hydrogen) atoms. The minimum Gasteiger partial charge on any atom is -0.504 e. The van der Waals surface area contributed by atoms with Gasteiger partial charge in [-0.1, -0.05) is 18.2 Å². The van der Waals surface area contributed by atoms with Gasteiger partial charge in [0, 0.05) is 36.8 Å². The zero-order chi connectivity index (χ0) is 23.9. The van der Waals surface area contributed by atoms with Gasteiger partial charge in [-0.05, 0) is 61.9 Å². The number of piperidine rings is 1. The van der Waals surface area contributed by atoms with Gasteiger partial charge in [0.25, 0.3) is 0 Å². The number of aliphatic hydroxyl groups is 1. The van der Waals surface area contributed by atoms with Crippen molar-refractivity contribution in [1.82, 2.24) is 9.80 Å². The summed E-state index contributed by atoms with van der Waals surface area (Å²) in [4.78, 5) is 17.3. The Labute approximate surface area is 204 Å². The van der Waals surface area contributed by atoms with E-state index in [-0.39, 0.29) is 23.7 Å². The maximum atomic E-state index is 13.2. The number of amides is 1. The van der Waals surface area contributed by atoms with Gasteiger partial charge in [0.15, 0.2) is 11.5 Å². The first kappa shape index (κ1) is 21.3. The Balaban J connectivity index is 1.30. The highest BCUT2D eigenvalue weighted by molar-refractivity contribution is 5.92. The Bertz CT molecular complexity index is 1250. The van der Waals surface area contributed by atoms with E-state index in [0.717, 1.165) is 42.1 Å². The molecule has 2 N–H and O–H groups in total. The van der Waals surface area contributed by atoms with Gasteiger partial charge in [-0.25, -0.2) is 0 Å². The van der Waals surface area contributed by atoms with Gasteiger partial charge in [0.2, 0.25) is 5.91 Å². The molecule has 7 nitrogen and oxygen atoms in total. The van der Waals surface area contributed by atoms with Crippen molar-refractivity contribution in [2.45, 2.75) is 54.9 Å². The van der Waals surface area contributed by atoms with Gasteiger partial charge in [0.1, 0.15) is 11.7 Å². The van der Waals surface area contributed by atoms with E-state index in [1.54, 1.807) is 42.7 Å². The SMILES string of the molecule is CN(C(=O)/C=C/c1ccoc1)[C@H]1C=C[C@@]2(O)[C@H]3Cc4ccc(O)c5c4[C@@]2(CCN3CC2CC2)[C@H]1O5. The first-order valence-electron chi connectivity index (χ1n) is 12.6. The highest BCUT2D eigenvalue weighted by Gasteiger charge is 2.72. The minimum atomic E-state index is -1.12.